The van der Waals surface area contributed by atoms with E-state index in [1.807, 2.05) is 32.2 Å². The fourth-order valence-corrected chi connectivity index (χ4v) is 2.11. The zero-order chi connectivity index (χ0) is 14.1. The maximum atomic E-state index is 11.8. The molecule has 2 N–H and O–H groups in total. The number of carbonyl (C=O) groups excluding carboxylic acids is 2. The van der Waals surface area contributed by atoms with Crippen LogP contribution in [0.2, 0.25) is 0 Å². The summed E-state index contributed by atoms with van der Waals surface area (Å²) in [6.45, 7) is 2.59. The highest BCUT2D eigenvalue weighted by Gasteiger charge is 2.08. The molecule has 4 nitrogen and oxygen atoms in total. The number of thioether (sulfide) groups is 1. The summed E-state index contributed by atoms with van der Waals surface area (Å²) in [6.07, 6.45) is 0. The normalized spacial score (nSPS) is 11.3. The van der Waals surface area contributed by atoms with Crippen molar-refractivity contribution in [3.63, 3.8) is 0 Å². The monoisotopic (exact) mass is 316 g/mol. The minimum Gasteiger partial charge on any atom is -0.354 e. The molecule has 0 heterocycles. The molecular weight excluding hydrogens is 296 g/mol. The molecule has 0 fully saturated rings. The maximum absolute atomic E-state index is 11.8. The molecule has 112 valence electrons. The zero-order valence-corrected chi connectivity index (χ0v) is 13.4. The van der Waals surface area contributed by atoms with Gasteiger partial charge < -0.3 is 10.6 Å². The zero-order valence-electron chi connectivity index (χ0n) is 11.7. The van der Waals surface area contributed by atoms with Crippen LogP contribution in [0.4, 0.5) is 0 Å². The van der Waals surface area contributed by atoms with Crippen LogP contribution in [0.15, 0.2) is 30.3 Å². The van der Waals surface area contributed by atoms with Crippen molar-refractivity contribution in [2.45, 2.75) is 13.0 Å². The Morgan fingerprint density at radius 1 is 1.20 bits per heavy atom. The number of hydrogen-bond acceptors (Lipinski definition) is 4. The number of ketones is 1. The van der Waals surface area contributed by atoms with Crippen LogP contribution in [-0.2, 0) is 4.79 Å². The van der Waals surface area contributed by atoms with Crippen LogP contribution >= 0.6 is 24.2 Å². The Balaban J connectivity index is 0.00000361. The van der Waals surface area contributed by atoms with Crippen molar-refractivity contribution in [1.82, 2.24) is 10.6 Å². The first kappa shape index (κ1) is 19.0. The number of rotatable bonds is 8. The summed E-state index contributed by atoms with van der Waals surface area (Å²) in [5, 5.41) is 5.85. The lowest BCUT2D eigenvalue weighted by Crippen LogP contribution is -2.38. The second-order valence-electron chi connectivity index (χ2n) is 4.28. The Morgan fingerprint density at radius 2 is 1.85 bits per heavy atom. The first-order valence-electron chi connectivity index (χ1n) is 6.23. The molecule has 0 spiro atoms. The quantitative estimate of drug-likeness (QED) is 0.717. The number of amides is 1. The van der Waals surface area contributed by atoms with Crippen molar-refractivity contribution in [2.24, 2.45) is 0 Å². The van der Waals surface area contributed by atoms with E-state index in [-0.39, 0.29) is 30.1 Å². The van der Waals surface area contributed by atoms with Crippen LogP contribution in [-0.4, -0.2) is 42.8 Å². The predicted octanol–water partition coefficient (Wildman–Crippen LogP) is 1.75. The summed E-state index contributed by atoms with van der Waals surface area (Å²) in [5.41, 5.74) is 0.694. The first-order chi connectivity index (χ1) is 9.13. The van der Waals surface area contributed by atoms with Gasteiger partial charge in [0.25, 0.3) is 0 Å². The van der Waals surface area contributed by atoms with E-state index >= 15 is 0 Å². The summed E-state index contributed by atoms with van der Waals surface area (Å²) < 4.78 is 0. The van der Waals surface area contributed by atoms with E-state index in [2.05, 4.69) is 10.6 Å². The van der Waals surface area contributed by atoms with Gasteiger partial charge in [-0.2, -0.15) is 0 Å². The largest absolute Gasteiger partial charge is 0.354 e. The van der Waals surface area contributed by atoms with Crippen molar-refractivity contribution >= 4 is 35.9 Å². The van der Waals surface area contributed by atoms with E-state index in [9.17, 15) is 9.59 Å². The van der Waals surface area contributed by atoms with Gasteiger partial charge >= 0.3 is 0 Å². The van der Waals surface area contributed by atoms with Crippen molar-refractivity contribution in [3.05, 3.63) is 35.9 Å². The molecule has 0 aliphatic heterocycles. The molecule has 0 aliphatic rings. The minimum atomic E-state index is -0.0343. The molecule has 1 aromatic carbocycles. The summed E-state index contributed by atoms with van der Waals surface area (Å²) in [7, 11) is 1.85. The third-order valence-electron chi connectivity index (χ3n) is 2.66. The number of halogens is 1. The van der Waals surface area contributed by atoms with Crippen molar-refractivity contribution in [3.8, 4) is 0 Å². The summed E-state index contributed by atoms with van der Waals surface area (Å²) in [5.74, 6) is 0.670. The molecule has 0 radical (unpaired) electrons. The second-order valence-corrected chi connectivity index (χ2v) is 5.26. The fraction of sp³-hybridized carbons (Fsp3) is 0.429. The van der Waals surface area contributed by atoms with Crippen LogP contribution in [0.25, 0.3) is 0 Å². The topological polar surface area (TPSA) is 58.2 Å². The van der Waals surface area contributed by atoms with E-state index in [1.54, 1.807) is 12.1 Å². The van der Waals surface area contributed by atoms with E-state index < -0.39 is 0 Å². The summed E-state index contributed by atoms with van der Waals surface area (Å²) >= 11 is 1.34. The highest BCUT2D eigenvalue weighted by Crippen LogP contribution is 2.06. The molecule has 0 aromatic heterocycles. The molecule has 1 amide bonds. The molecular formula is C14H21ClN2O2S. The van der Waals surface area contributed by atoms with Gasteiger partial charge in [-0.25, -0.2) is 0 Å². The number of carbonyl (C=O) groups is 2. The average Bonchev–Trinajstić information content (AvgIpc) is 2.45. The van der Waals surface area contributed by atoms with Gasteiger partial charge in [0.05, 0.1) is 11.5 Å². The molecule has 1 rings (SSSR count). The molecule has 0 aliphatic carbocycles. The van der Waals surface area contributed by atoms with E-state index in [0.29, 0.717) is 23.6 Å². The number of hydrogen-bond donors (Lipinski definition) is 2. The maximum Gasteiger partial charge on any atom is 0.230 e. The number of likely N-dealkylation sites (N-methyl/N-ethyl adjacent to an activating group) is 1. The van der Waals surface area contributed by atoms with Gasteiger partial charge in [0.15, 0.2) is 5.78 Å². The minimum absolute atomic E-state index is 0. The predicted molar refractivity (Wildman–Crippen MR) is 86.9 cm³/mol. The lowest BCUT2D eigenvalue weighted by molar-refractivity contribution is -0.118. The van der Waals surface area contributed by atoms with Crippen LogP contribution in [0.5, 0.6) is 0 Å². The lowest BCUT2D eigenvalue weighted by Gasteiger charge is -2.11. The van der Waals surface area contributed by atoms with Crippen LogP contribution in [0, 0.1) is 0 Å². The molecule has 0 saturated heterocycles. The van der Waals surface area contributed by atoms with E-state index in [0.717, 1.165) is 0 Å². The van der Waals surface area contributed by atoms with Gasteiger partial charge in [-0.05, 0) is 14.0 Å². The number of benzene rings is 1. The summed E-state index contributed by atoms with van der Waals surface area (Å²) in [6, 6.07) is 9.38. The van der Waals surface area contributed by atoms with Gasteiger partial charge in [0.2, 0.25) is 5.91 Å². The van der Waals surface area contributed by atoms with Gasteiger partial charge in [-0.1, -0.05) is 30.3 Å². The highest BCUT2D eigenvalue weighted by atomic mass is 35.5. The van der Waals surface area contributed by atoms with Gasteiger partial charge in [0, 0.05) is 18.2 Å². The first-order valence-corrected chi connectivity index (χ1v) is 7.39. The molecule has 0 saturated carbocycles. The van der Waals surface area contributed by atoms with Crippen molar-refractivity contribution in [2.75, 3.05) is 25.1 Å². The Bertz CT molecular complexity index is 415. The second kappa shape index (κ2) is 10.7. The van der Waals surface area contributed by atoms with Gasteiger partial charge in [-0.3, -0.25) is 9.59 Å². The van der Waals surface area contributed by atoms with Crippen LogP contribution in [0.3, 0.4) is 0 Å². The van der Waals surface area contributed by atoms with Crippen molar-refractivity contribution in [1.29, 1.82) is 0 Å². The third-order valence-corrected chi connectivity index (χ3v) is 3.59. The molecule has 1 atom stereocenters. The summed E-state index contributed by atoms with van der Waals surface area (Å²) in [4.78, 5) is 23.3. The van der Waals surface area contributed by atoms with Crippen LogP contribution in [0.1, 0.15) is 17.3 Å². The number of Topliss-reactive ketones (excluding diaryl/α,β-unsaturated/α-hetero) is 1. The smallest absolute Gasteiger partial charge is 0.230 e. The molecule has 0 bridgehead atoms. The standard InChI is InChI=1S/C14H20N2O2S.ClH/c1-11(15-2)8-16-14(18)10-19-9-13(17)12-6-4-3-5-7-12;/h3-7,11,15H,8-10H2,1-2H3,(H,16,18);1H. The van der Waals surface area contributed by atoms with Crippen molar-refractivity contribution < 1.29 is 9.59 Å². The van der Waals surface area contributed by atoms with E-state index in [4.69, 9.17) is 0 Å². The molecule has 1 unspecified atom stereocenters. The van der Waals surface area contributed by atoms with E-state index in [1.165, 1.54) is 11.8 Å². The number of nitrogens with one attached hydrogen (secondary N) is 2. The van der Waals surface area contributed by atoms with Gasteiger partial charge in [-0.15, -0.1) is 24.2 Å². The highest BCUT2D eigenvalue weighted by molar-refractivity contribution is 8.00. The third kappa shape index (κ3) is 7.53. The SMILES string of the molecule is CNC(C)CNC(=O)CSCC(=O)c1ccccc1.Cl. The van der Waals surface area contributed by atoms with Gasteiger partial charge in [0.1, 0.15) is 0 Å². The Hall–Kier alpha value is -1.04. The Labute approximate surface area is 130 Å². The Morgan fingerprint density at radius 3 is 2.45 bits per heavy atom. The molecule has 1 aromatic rings. The molecule has 6 heteroatoms. The van der Waals surface area contributed by atoms with Crippen LogP contribution < -0.4 is 10.6 Å². The molecule has 20 heavy (non-hydrogen) atoms. The fourth-order valence-electron chi connectivity index (χ4n) is 1.36. The lowest BCUT2D eigenvalue weighted by atomic mass is 10.2. The Kier molecular flexibility index (Phi) is 10.2. The average molecular weight is 317 g/mol.